The van der Waals surface area contributed by atoms with Crippen LogP contribution in [-0.2, 0) is 17.9 Å². The minimum Gasteiger partial charge on any atom is -0.496 e. The summed E-state index contributed by atoms with van der Waals surface area (Å²) in [6.07, 6.45) is 4.01. The zero-order chi connectivity index (χ0) is 27.2. The maximum Gasteiger partial charge on any atom is 0.249 e. The van der Waals surface area contributed by atoms with Crippen molar-refractivity contribution < 1.29 is 36.2 Å². The van der Waals surface area contributed by atoms with Crippen molar-refractivity contribution in [1.29, 1.82) is 0 Å². The number of rotatable bonds is 9. The smallest absolute Gasteiger partial charge is 0.249 e. The monoisotopic (exact) mass is 529 g/mol. The minimum atomic E-state index is -2.24. The molecule has 3 aromatic carbocycles. The summed E-state index contributed by atoms with van der Waals surface area (Å²) in [6, 6.07) is 15.8. The van der Waals surface area contributed by atoms with Gasteiger partial charge in [0.2, 0.25) is 11.7 Å². The molecule has 0 saturated carbocycles. The van der Waals surface area contributed by atoms with Crippen molar-refractivity contribution in [2.45, 2.75) is 13.2 Å². The predicted molar refractivity (Wildman–Crippen MR) is 129 cm³/mol. The molecule has 38 heavy (non-hydrogen) atoms. The molecule has 4 rings (SSSR count). The molecule has 0 atom stereocenters. The number of aromatic nitrogens is 2. The summed E-state index contributed by atoms with van der Waals surface area (Å²) >= 11 is 0. The molecule has 196 valence electrons. The number of ether oxygens (including phenoxy) is 2. The van der Waals surface area contributed by atoms with Gasteiger partial charge in [0.25, 0.3) is 0 Å². The molecule has 0 saturated heterocycles. The Kier molecular flexibility index (Phi) is 8.05. The SMILES string of the molecule is COc1ccc(/C=C/C(=O)Nc2ccn(Cc3c(F)c(F)c(F)c(F)c3F)n2)cc1COc1ccccc1. The maximum atomic E-state index is 13.9. The number of nitrogens with zero attached hydrogens (tertiary/aromatic N) is 2. The third-order valence-corrected chi connectivity index (χ3v) is 5.38. The molecule has 0 spiro atoms. The lowest BCUT2D eigenvalue weighted by Gasteiger charge is -2.11. The number of nitrogens with one attached hydrogen (secondary N) is 1. The molecular weight excluding hydrogens is 509 g/mol. The molecule has 0 aliphatic carbocycles. The van der Waals surface area contributed by atoms with E-state index in [2.05, 4.69) is 10.4 Å². The highest BCUT2D eigenvalue weighted by molar-refractivity contribution is 6.01. The van der Waals surface area contributed by atoms with Gasteiger partial charge in [-0.1, -0.05) is 24.3 Å². The molecule has 11 heteroatoms. The predicted octanol–water partition coefficient (Wildman–Crippen LogP) is 5.87. The Morgan fingerprint density at radius 3 is 2.32 bits per heavy atom. The standard InChI is InChI=1S/C27H20F5N3O3/c1-37-20-9-7-16(13-17(20)15-38-18-5-3-2-4-6-18)8-10-22(36)33-21-11-12-35(34-21)14-19-23(28)25(30)27(32)26(31)24(19)29/h2-13H,14-15H2,1H3,(H,33,34,36)/b10-8+. The van der Waals surface area contributed by atoms with E-state index in [0.717, 1.165) is 10.2 Å². The summed E-state index contributed by atoms with van der Waals surface area (Å²) < 4.78 is 80.0. The third-order valence-electron chi connectivity index (χ3n) is 5.38. The van der Waals surface area contributed by atoms with Crippen LogP contribution in [0.1, 0.15) is 16.7 Å². The van der Waals surface area contributed by atoms with E-state index in [0.29, 0.717) is 17.1 Å². The van der Waals surface area contributed by atoms with Crippen molar-refractivity contribution in [3.05, 3.63) is 113 Å². The van der Waals surface area contributed by atoms with Gasteiger partial charge in [0, 0.05) is 23.9 Å². The fourth-order valence-corrected chi connectivity index (χ4v) is 3.50. The number of para-hydroxylation sites is 1. The molecule has 0 bridgehead atoms. The number of carbonyl (C=O) groups excluding carboxylic acids is 1. The molecule has 1 aromatic heterocycles. The molecule has 4 aromatic rings. The van der Waals surface area contributed by atoms with Crippen molar-refractivity contribution >= 4 is 17.8 Å². The Balaban J connectivity index is 1.41. The molecule has 1 amide bonds. The molecule has 1 heterocycles. The normalized spacial score (nSPS) is 11.1. The van der Waals surface area contributed by atoms with Crippen molar-refractivity contribution in [3.8, 4) is 11.5 Å². The lowest BCUT2D eigenvalue weighted by Crippen LogP contribution is -2.12. The largest absolute Gasteiger partial charge is 0.496 e. The van der Waals surface area contributed by atoms with E-state index >= 15 is 0 Å². The van der Waals surface area contributed by atoms with Crippen LogP contribution in [-0.4, -0.2) is 22.8 Å². The van der Waals surface area contributed by atoms with E-state index in [1.807, 2.05) is 30.3 Å². The van der Waals surface area contributed by atoms with E-state index < -0.39 is 47.1 Å². The number of hydrogen-bond donors (Lipinski definition) is 1. The van der Waals surface area contributed by atoms with E-state index in [1.165, 1.54) is 25.4 Å². The van der Waals surface area contributed by atoms with E-state index in [4.69, 9.17) is 9.47 Å². The van der Waals surface area contributed by atoms with Crippen LogP contribution < -0.4 is 14.8 Å². The van der Waals surface area contributed by atoms with Crippen LogP contribution in [0.4, 0.5) is 27.8 Å². The van der Waals surface area contributed by atoms with Crippen LogP contribution in [0.2, 0.25) is 0 Å². The summed E-state index contributed by atoms with van der Waals surface area (Å²) in [4.78, 5) is 12.3. The van der Waals surface area contributed by atoms with E-state index in [9.17, 15) is 26.7 Å². The van der Waals surface area contributed by atoms with Gasteiger partial charge in [-0.15, -0.1) is 0 Å². The Morgan fingerprint density at radius 1 is 0.947 bits per heavy atom. The second-order valence-electron chi connectivity index (χ2n) is 7.94. The van der Waals surface area contributed by atoms with Crippen molar-refractivity contribution in [3.63, 3.8) is 0 Å². The lowest BCUT2D eigenvalue weighted by atomic mass is 10.1. The number of anilines is 1. The van der Waals surface area contributed by atoms with Crippen molar-refractivity contribution in [2.75, 3.05) is 12.4 Å². The van der Waals surface area contributed by atoms with Crippen LogP contribution >= 0.6 is 0 Å². The fraction of sp³-hybridized carbons (Fsp3) is 0.111. The van der Waals surface area contributed by atoms with Crippen LogP contribution in [0, 0.1) is 29.1 Å². The molecule has 6 nitrogen and oxygen atoms in total. The van der Waals surface area contributed by atoms with Crippen molar-refractivity contribution in [1.82, 2.24) is 9.78 Å². The van der Waals surface area contributed by atoms with Gasteiger partial charge in [-0.25, -0.2) is 22.0 Å². The van der Waals surface area contributed by atoms with Gasteiger partial charge in [-0.2, -0.15) is 5.10 Å². The Bertz CT molecular complexity index is 1460. The Morgan fingerprint density at radius 2 is 1.63 bits per heavy atom. The number of amides is 1. The minimum absolute atomic E-state index is 0.00945. The van der Waals surface area contributed by atoms with Gasteiger partial charge in [-0.3, -0.25) is 9.48 Å². The first-order chi connectivity index (χ1) is 18.3. The fourth-order valence-electron chi connectivity index (χ4n) is 3.50. The number of benzene rings is 3. The summed E-state index contributed by atoms with van der Waals surface area (Å²) in [5, 5.41) is 6.36. The molecule has 1 N–H and O–H groups in total. The van der Waals surface area contributed by atoms with Crippen LogP contribution in [0.15, 0.2) is 66.9 Å². The van der Waals surface area contributed by atoms with Crippen LogP contribution in [0.25, 0.3) is 6.08 Å². The molecule has 0 aliphatic rings. The van der Waals surface area contributed by atoms with Crippen LogP contribution in [0.5, 0.6) is 11.5 Å². The first kappa shape index (κ1) is 26.4. The van der Waals surface area contributed by atoms with Crippen LogP contribution in [0.3, 0.4) is 0 Å². The number of carbonyl (C=O) groups is 1. The second kappa shape index (κ2) is 11.6. The number of hydrogen-bond acceptors (Lipinski definition) is 4. The molecule has 0 aliphatic heterocycles. The average Bonchev–Trinajstić information content (AvgIpc) is 3.38. The highest BCUT2D eigenvalue weighted by Gasteiger charge is 2.26. The molecule has 0 fully saturated rings. The highest BCUT2D eigenvalue weighted by Crippen LogP contribution is 2.25. The summed E-state index contributed by atoms with van der Waals surface area (Å²) in [5.41, 5.74) is 0.393. The average molecular weight is 529 g/mol. The van der Waals surface area contributed by atoms with Gasteiger partial charge in [0.1, 0.15) is 18.1 Å². The van der Waals surface area contributed by atoms with E-state index in [1.54, 1.807) is 24.3 Å². The molecule has 0 radical (unpaired) electrons. The zero-order valence-electron chi connectivity index (χ0n) is 19.9. The number of halogens is 5. The van der Waals surface area contributed by atoms with Gasteiger partial charge in [0.15, 0.2) is 29.1 Å². The zero-order valence-corrected chi connectivity index (χ0v) is 19.9. The summed E-state index contributed by atoms with van der Waals surface area (Å²) in [5.74, 6) is -9.47. The summed E-state index contributed by atoms with van der Waals surface area (Å²) in [7, 11) is 1.54. The Labute approximate surface area is 213 Å². The highest BCUT2D eigenvalue weighted by atomic mass is 19.2. The third kappa shape index (κ3) is 6.00. The van der Waals surface area contributed by atoms with Gasteiger partial charge in [0.05, 0.1) is 19.2 Å². The maximum absolute atomic E-state index is 13.9. The van der Waals surface area contributed by atoms with E-state index in [-0.39, 0.29) is 12.4 Å². The van der Waals surface area contributed by atoms with Gasteiger partial charge < -0.3 is 14.8 Å². The molecule has 0 unspecified atom stereocenters. The number of methoxy groups -OCH3 is 1. The van der Waals surface area contributed by atoms with Gasteiger partial charge >= 0.3 is 0 Å². The second-order valence-corrected chi connectivity index (χ2v) is 7.94. The topological polar surface area (TPSA) is 65.4 Å². The van der Waals surface area contributed by atoms with Crippen molar-refractivity contribution in [2.24, 2.45) is 0 Å². The lowest BCUT2D eigenvalue weighted by molar-refractivity contribution is -0.111. The molecular formula is C27H20F5N3O3. The first-order valence-electron chi connectivity index (χ1n) is 11.1. The Hall–Kier alpha value is -4.67. The quantitative estimate of drug-likeness (QED) is 0.128. The summed E-state index contributed by atoms with van der Waals surface area (Å²) in [6.45, 7) is -0.501. The first-order valence-corrected chi connectivity index (χ1v) is 11.1. The van der Waals surface area contributed by atoms with Gasteiger partial charge in [-0.05, 0) is 35.9 Å².